The van der Waals surface area contributed by atoms with Gasteiger partial charge in [-0.05, 0) is 58.7 Å². The molecule has 0 N–H and O–H groups in total. The van der Waals surface area contributed by atoms with Crippen LogP contribution in [0.5, 0.6) is 0 Å². The summed E-state index contributed by atoms with van der Waals surface area (Å²) >= 11 is 0. The largest absolute Gasteiger partial charge is 0.368 e. The molecule has 0 amide bonds. The minimum Gasteiger partial charge on any atom is -0.368 e. The molecule has 0 fully saturated rings. The summed E-state index contributed by atoms with van der Waals surface area (Å²) < 4.78 is 14.3. The first-order valence-corrected chi connectivity index (χ1v) is 13.3. The molecule has 2 aliphatic rings. The number of fused-ring (bicyclic) bond motifs is 6. The van der Waals surface area contributed by atoms with Crippen molar-refractivity contribution in [1.29, 1.82) is 0 Å². The quantitative estimate of drug-likeness (QED) is 0.359. The summed E-state index contributed by atoms with van der Waals surface area (Å²) in [6, 6.07) is 21.6. The Morgan fingerprint density at radius 1 is 0.778 bits per heavy atom. The van der Waals surface area contributed by atoms with E-state index in [0.29, 0.717) is 11.8 Å². The zero-order valence-corrected chi connectivity index (χ0v) is 22.8. The zero-order chi connectivity index (χ0) is 26.1. The van der Waals surface area contributed by atoms with Crippen LogP contribution in [0.4, 0.5) is 10.1 Å². The molecular formula is C32H39FN2O. The van der Waals surface area contributed by atoms with Crippen LogP contribution in [0.1, 0.15) is 83.9 Å². The summed E-state index contributed by atoms with van der Waals surface area (Å²) in [5, 5.41) is 4.51. The van der Waals surface area contributed by atoms with Crippen LogP contribution in [0.2, 0.25) is 0 Å². The normalized spacial score (nSPS) is 17.4. The summed E-state index contributed by atoms with van der Waals surface area (Å²) in [7, 11) is 0. The molecular weight excluding hydrogens is 447 g/mol. The van der Waals surface area contributed by atoms with Crippen molar-refractivity contribution in [2.45, 2.75) is 79.6 Å². The molecule has 3 atom stereocenters. The SMILES string of the molecule is CC.CC(C)c1cccc(C(C)C)c1-c1ccc2c(c1)C1=NOC(C(C)C(C)F)N1c1ccccc1-2. The number of anilines is 1. The molecule has 0 aromatic heterocycles. The Balaban J connectivity index is 0.00000148. The molecule has 36 heavy (non-hydrogen) atoms. The number of halogens is 1. The lowest BCUT2D eigenvalue weighted by Crippen LogP contribution is -2.44. The number of rotatable bonds is 5. The highest BCUT2D eigenvalue weighted by Gasteiger charge is 2.42. The van der Waals surface area contributed by atoms with Gasteiger partial charge in [0.2, 0.25) is 6.23 Å². The van der Waals surface area contributed by atoms with Gasteiger partial charge in [0.15, 0.2) is 5.84 Å². The molecule has 5 rings (SSSR count). The minimum atomic E-state index is -1.01. The molecule has 0 bridgehead atoms. The molecule has 3 unspecified atom stereocenters. The molecule has 4 heteroatoms. The van der Waals surface area contributed by atoms with E-state index in [1.165, 1.54) is 22.3 Å². The van der Waals surface area contributed by atoms with Crippen molar-refractivity contribution in [2.24, 2.45) is 11.1 Å². The molecule has 2 heterocycles. The van der Waals surface area contributed by atoms with Crippen molar-refractivity contribution < 1.29 is 9.23 Å². The van der Waals surface area contributed by atoms with E-state index in [-0.39, 0.29) is 5.92 Å². The summed E-state index contributed by atoms with van der Waals surface area (Å²) in [6.07, 6.45) is -1.48. The Morgan fingerprint density at radius 2 is 1.42 bits per heavy atom. The van der Waals surface area contributed by atoms with Crippen LogP contribution in [0.3, 0.4) is 0 Å². The second kappa shape index (κ2) is 10.5. The third-order valence-corrected chi connectivity index (χ3v) is 7.28. The number of hydrogen-bond acceptors (Lipinski definition) is 3. The first-order valence-electron chi connectivity index (χ1n) is 13.3. The highest BCUT2D eigenvalue weighted by Crippen LogP contribution is 2.46. The molecule has 190 valence electrons. The standard InChI is InChI=1S/C30H33FN2O.C2H6/c1-17(2)22-11-9-12-23(18(3)4)28(22)21-14-15-24-25-10-7-8-13-27(25)33-29(26(24)16-21)32-34-30(33)19(5)20(6)31;1-2/h7-20,30H,1-6H3;1-2H3. The molecule has 3 nitrogen and oxygen atoms in total. The smallest absolute Gasteiger partial charge is 0.210 e. The van der Waals surface area contributed by atoms with Crippen LogP contribution in [-0.4, -0.2) is 18.2 Å². The average molecular weight is 487 g/mol. The Bertz CT molecular complexity index is 1230. The van der Waals surface area contributed by atoms with E-state index in [1.807, 2.05) is 26.8 Å². The van der Waals surface area contributed by atoms with Gasteiger partial charge in [-0.25, -0.2) is 4.39 Å². The van der Waals surface area contributed by atoms with Crippen LogP contribution in [0.15, 0.2) is 65.8 Å². The Morgan fingerprint density at radius 3 is 2.03 bits per heavy atom. The number of alkyl halides is 1. The number of benzene rings is 3. The van der Waals surface area contributed by atoms with Gasteiger partial charge in [0.1, 0.15) is 6.17 Å². The van der Waals surface area contributed by atoms with Gasteiger partial charge in [-0.1, -0.05) is 102 Å². The van der Waals surface area contributed by atoms with Crippen LogP contribution < -0.4 is 4.90 Å². The van der Waals surface area contributed by atoms with Crippen molar-refractivity contribution >= 4 is 11.5 Å². The second-order valence-electron chi connectivity index (χ2n) is 10.2. The topological polar surface area (TPSA) is 24.8 Å². The number of nitrogens with zero attached hydrogens (tertiary/aromatic N) is 2. The highest BCUT2D eigenvalue weighted by atomic mass is 19.1. The summed E-state index contributed by atoms with van der Waals surface area (Å²) in [5.41, 5.74) is 9.49. The van der Waals surface area contributed by atoms with Gasteiger partial charge >= 0.3 is 0 Å². The van der Waals surface area contributed by atoms with Crippen molar-refractivity contribution in [3.8, 4) is 22.3 Å². The van der Waals surface area contributed by atoms with E-state index >= 15 is 0 Å². The highest BCUT2D eigenvalue weighted by molar-refractivity contribution is 6.20. The van der Waals surface area contributed by atoms with E-state index < -0.39 is 12.4 Å². The van der Waals surface area contributed by atoms with E-state index in [2.05, 4.69) is 92.3 Å². The van der Waals surface area contributed by atoms with Crippen LogP contribution in [0, 0.1) is 5.92 Å². The summed E-state index contributed by atoms with van der Waals surface area (Å²) in [4.78, 5) is 7.96. The average Bonchev–Trinajstić information content (AvgIpc) is 3.34. The predicted octanol–water partition coefficient (Wildman–Crippen LogP) is 9.13. The first-order chi connectivity index (χ1) is 17.3. The van der Waals surface area contributed by atoms with E-state index in [1.54, 1.807) is 6.92 Å². The maximum absolute atomic E-state index is 14.3. The van der Waals surface area contributed by atoms with Gasteiger partial charge < -0.3 is 4.84 Å². The molecule has 0 radical (unpaired) electrons. The molecule has 0 spiro atoms. The molecule has 3 aromatic carbocycles. The maximum atomic E-state index is 14.3. The zero-order valence-electron chi connectivity index (χ0n) is 22.8. The monoisotopic (exact) mass is 486 g/mol. The van der Waals surface area contributed by atoms with Gasteiger partial charge in [0.25, 0.3) is 0 Å². The minimum absolute atomic E-state index is 0.326. The van der Waals surface area contributed by atoms with Gasteiger partial charge in [0, 0.05) is 17.0 Å². The van der Waals surface area contributed by atoms with E-state index in [4.69, 9.17) is 4.84 Å². The van der Waals surface area contributed by atoms with Crippen LogP contribution in [0.25, 0.3) is 22.3 Å². The Labute approximate surface area is 216 Å². The lowest BCUT2D eigenvalue weighted by Gasteiger charge is -2.35. The Kier molecular flexibility index (Phi) is 7.54. The molecule has 0 saturated heterocycles. The maximum Gasteiger partial charge on any atom is 0.210 e. The third-order valence-electron chi connectivity index (χ3n) is 7.28. The van der Waals surface area contributed by atoms with E-state index in [0.717, 1.165) is 28.2 Å². The fourth-order valence-electron chi connectivity index (χ4n) is 5.22. The van der Waals surface area contributed by atoms with Gasteiger partial charge in [-0.3, -0.25) is 4.90 Å². The molecule has 0 aliphatic carbocycles. The van der Waals surface area contributed by atoms with Gasteiger partial charge in [-0.15, -0.1) is 0 Å². The third kappa shape index (κ3) is 4.31. The van der Waals surface area contributed by atoms with Crippen molar-refractivity contribution in [2.75, 3.05) is 4.90 Å². The van der Waals surface area contributed by atoms with Crippen molar-refractivity contribution in [1.82, 2.24) is 0 Å². The number of amidine groups is 1. The summed E-state index contributed by atoms with van der Waals surface area (Å²) in [5.74, 6) is 1.25. The fourth-order valence-corrected chi connectivity index (χ4v) is 5.22. The molecule has 0 saturated carbocycles. The van der Waals surface area contributed by atoms with Gasteiger partial charge in [0.05, 0.1) is 5.69 Å². The van der Waals surface area contributed by atoms with Crippen molar-refractivity contribution in [3.05, 3.63) is 77.4 Å². The number of oxime groups is 1. The van der Waals surface area contributed by atoms with E-state index in [9.17, 15) is 4.39 Å². The fraction of sp³-hybridized carbons (Fsp3) is 0.406. The number of hydrogen-bond donors (Lipinski definition) is 0. The van der Waals surface area contributed by atoms with Crippen molar-refractivity contribution in [3.63, 3.8) is 0 Å². The van der Waals surface area contributed by atoms with Crippen LogP contribution >= 0.6 is 0 Å². The first kappa shape index (κ1) is 25.9. The second-order valence-corrected chi connectivity index (χ2v) is 10.2. The molecule has 3 aromatic rings. The number of para-hydroxylation sites is 1. The van der Waals surface area contributed by atoms with Gasteiger partial charge in [-0.2, -0.15) is 0 Å². The summed E-state index contributed by atoms with van der Waals surface area (Å²) in [6.45, 7) is 16.5. The lowest BCUT2D eigenvalue weighted by atomic mass is 9.83. The Hall–Kier alpha value is -3.14. The van der Waals surface area contributed by atoms with Crippen LogP contribution in [-0.2, 0) is 4.84 Å². The lowest BCUT2D eigenvalue weighted by molar-refractivity contribution is 0.0210. The predicted molar refractivity (Wildman–Crippen MR) is 150 cm³/mol. The molecule has 2 aliphatic heterocycles.